The number of hydrogen-bond donors (Lipinski definition) is 0. The molecule has 2 aliphatic rings. The summed E-state index contributed by atoms with van der Waals surface area (Å²) in [6, 6.07) is 8.10. The van der Waals surface area contributed by atoms with Crippen LogP contribution in [0.5, 0.6) is 0 Å². The smallest absolute Gasteiger partial charge is 0.410 e. The van der Waals surface area contributed by atoms with E-state index in [-0.39, 0.29) is 40.0 Å². The van der Waals surface area contributed by atoms with Crippen molar-refractivity contribution in [3.05, 3.63) is 51.2 Å². The van der Waals surface area contributed by atoms with E-state index in [1.165, 1.54) is 10.3 Å². The van der Waals surface area contributed by atoms with E-state index >= 15 is 0 Å². The second-order valence-electron chi connectivity index (χ2n) is 8.13. The van der Waals surface area contributed by atoms with E-state index in [1.807, 2.05) is 30.3 Å². The summed E-state index contributed by atoms with van der Waals surface area (Å²) >= 11 is 7.16. The number of halogens is 1. The Bertz CT molecular complexity index is 1190. The van der Waals surface area contributed by atoms with Gasteiger partial charge in [0.1, 0.15) is 18.1 Å². The van der Waals surface area contributed by atoms with Gasteiger partial charge in [0, 0.05) is 30.8 Å². The fourth-order valence-electron chi connectivity index (χ4n) is 4.06. The summed E-state index contributed by atoms with van der Waals surface area (Å²) in [6.45, 7) is 0.663. The summed E-state index contributed by atoms with van der Waals surface area (Å²) in [5.41, 5.74) is 0.839. The zero-order valence-electron chi connectivity index (χ0n) is 18.3. The molecule has 0 radical (unpaired) electrons. The molecule has 0 unspecified atom stereocenters. The summed E-state index contributed by atoms with van der Waals surface area (Å²) < 4.78 is 34.2. The van der Waals surface area contributed by atoms with Crippen LogP contribution in [0.4, 0.5) is 4.79 Å². The lowest BCUT2D eigenvalue weighted by Crippen LogP contribution is -2.52. The first-order valence-electron chi connectivity index (χ1n) is 10.6. The van der Waals surface area contributed by atoms with E-state index < -0.39 is 27.9 Å². The largest absolute Gasteiger partial charge is 0.459 e. The zero-order chi connectivity index (χ0) is 24.5. The van der Waals surface area contributed by atoms with Crippen molar-refractivity contribution in [2.75, 3.05) is 26.0 Å². The van der Waals surface area contributed by atoms with E-state index in [2.05, 4.69) is 0 Å². The molecule has 34 heavy (non-hydrogen) atoms. The molecule has 0 aliphatic carbocycles. The standard InChI is InChI=1S/C22H23ClN2O7S2/c1-34(29,30)17-13-33-19(18(17)23)20(26)24-9-7-15(8-10-24)25-16(12-32-22(25)28)21(27)31-11-14-5-3-2-4-6-14/h2-6,13,15-16H,7-12H2,1H3/t16-/m0/s1. The molecule has 2 amide bonds. The van der Waals surface area contributed by atoms with Crippen molar-refractivity contribution in [1.29, 1.82) is 0 Å². The molecule has 12 heteroatoms. The minimum Gasteiger partial charge on any atom is -0.459 e. The normalized spacial score (nSPS) is 19.2. The number of benzene rings is 1. The molecule has 2 aliphatic heterocycles. The summed E-state index contributed by atoms with van der Waals surface area (Å²) in [4.78, 5) is 41.1. The lowest BCUT2D eigenvalue weighted by atomic mass is 10.0. The third-order valence-corrected chi connectivity index (χ3v) is 8.70. The van der Waals surface area contributed by atoms with Crippen LogP contribution in [0.2, 0.25) is 5.02 Å². The number of thiophene rings is 1. The quantitative estimate of drug-likeness (QED) is 0.532. The van der Waals surface area contributed by atoms with Gasteiger partial charge in [-0.2, -0.15) is 0 Å². The van der Waals surface area contributed by atoms with Crippen LogP contribution in [-0.4, -0.2) is 74.2 Å². The van der Waals surface area contributed by atoms with Crippen LogP contribution in [0.15, 0.2) is 40.6 Å². The molecule has 9 nitrogen and oxygen atoms in total. The summed E-state index contributed by atoms with van der Waals surface area (Å²) in [6.07, 6.45) is 1.33. The van der Waals surface area contributed by atoms with Gasteiger partial charge in [0.15, 0.2) is 15.9 Å². The number of hydrogen-bond acceptors (Lipinski definition) is 8. The first kappa shape index (κ1) is 24.5. The summed E-state index contributed by atoms with van der Waals surface area (Å²) in [5, 5.41) is 1.30. The summed E-state index contributed by atoms with van der Waals surface area (Å²) in [7, 11) is -3.53. The van der Waals surface area contributed by atoms with Gasteiger partial charge in [-0.05, 0) is 18.4 Å². The van der Waals surface area contributed by atoms with Gasteiger partial charge in [-0.3, -0.25) is 9.69 Å². The van der Waals surface area contributed by atoms with Crippen LogP contribution in [0.3, 0.4) is 0 Å². The number of ether oxygens (including phenoxy) is 2. The molecule has 182 valence electrons. The Morgan fingerprint density at radius 2 is 1.88 bits per heavy atom. The molecule has 2 fully saturated rings. The molecule has 0 N–H and O–H groups in total. The maximum atomic E-state index is 12.9. The molecular weight excluding hydrogens is 504 g/mol. The predicted octanol–water partition coefficient (Wildman–Crippen LogP) is 2.97. The van der Waals surface area contributed by atoms with Crippen molar-refractivity contribution in [2.24, 2.45) is 0 Å². The maximum absolute atomic E-state index is 12.9. The number of esters is 1. The molecule has 3 heterocycles. The number of amides is 2. The van der Waals surface area contributed by atoms with Gasteiger partial charge in [-0.1, -0.05) is 41.9 Å². The van der Waals surface area contributed by atoms with Gasteiger partial charge in [0.2, 0.25) is 0 Å². The molecule has 1 aromatic carbocycles. The highest BCUT2D eigenvalue weighted by Gasteiger charge is 2.44. The highest BCUT2D eigenvalue weighted by molar-refractivity contribution is 7.91. The van der Waals surface area contributed by atoms with E-state index in [4.69, 9.17) is 21.1 Å². The van der Waals surface area contributed by atoms with Crippen LogP contribution in [-0.2, 0) is 30.7 Å². The molecule has 1 atom stereocenters. The average molecular weight is 527 g/mol. The van der Waals surface area contributed by atoms with Gasteiger partial charge in [0.25, 0.3) is 5.91 Å². The van der Waals surface area contributed by atoms with Gasteiger partial charge < -0.3 is 14.4 Å². The van der Waals surface area contributed by atoms with Crippen LogP contribution in [0.1, 0.15) is 28.1 Å². The highest BCUT2D eigenvalue weighted by Crippen LogP contribution is 2.33. The lowest BCUT2D eigenvalue weighted by molar-refractivity contribution is -0.150. The van der Waals surface area contributed by atoms with Crippen molar-refractivity contribution in [3.8, 4) is 0 Å². The van der Waals surface area contributed by atoms with Crippen LogP contribution in [0.25, 0.3) is 0 Å². The second-order valence-corrected chi connectivity index (χ2v) is 11.4. The van der Waals surface area contributed by atoms with Gasteiger partial charge in [-0.25, -0.2) is 18.0 Å². The topological polar surface area (TPSA) is 110 Å². The number of cyclic esters (lactones) is 1. The highest BCUT2D eigenvalue weighted by atomic mass is 35.5. The lowest BCUT2D eigenvalue weighted by Gasteiger charge is -2.37. The first-order chi connectivity index (χ1) is 16.2. The second kappa shape index (κ2) is 9.93. The third kappa shape index (κ3) is 5.06. The average Bonchev–Trinajstić information content (AvgIpc) is 3.40. The van der Waals surface area contributed by atoms with E-state index in [9.17, 15) is 22.8 Å². The number of rotatable bonds is 6. The molecule has 0 spiro atoms. The Morgan fingerprint density at radius 1 is 1.21 bits per heavy atom. The fraction of sp³-hybridized carbons (Fsp3) is 0.409. The number of nitrogens with zero attached hydrogens (tertiary/aromatic N) is 2. The number of sulfone groups is 1. The minimum absolute atomic E-state index is 0.0610. The zero-order valence-corrected chi connectivity index (χ0v) is 20.7. The molecule has 1 aromatic heterocycles. The van der Waals surface area contributed by atoms with Crippen molar-refractivity contribution >= 4 is 50.7 Å². The molecule has 0 bridgehead atoms. The van der Waals surface area contributed by atoms with Gasteiger partial charge >= 0.3 is 12.1 Å². The molecule has 2 aromatic rings. The van der Waals surface area contributed by atoms with Crippen molar-refractivity contribution in [3.63, 3.8) is 0 Å². The molecule has 2 saturated heterocycles. The van der Waals surface area contributed by atoms with E-state index in [1.54, 1.807) is 4.90 Å². The van der Waals surface area contributed by atoms with Crippen LogP contribution < -0.4 is 0 Å². The van der Waals surface area contributed by atoms with E-state index in [0.29, 0.717) is 25.9 Å². The minimum atomic E-state index is -3.53. The van der Waals surface area contributed by atoms with Crippen molar-refractivity contribution in [2.45, 2.75) is 36.4 Å². The number of carbonyl (C=O) groups is 3. The molecular formula is C22H23ClN2O7S2. The molecule has 4 rings (SSSR count). The number of carbonyl (C=O) groups excluding carboxylic acids is 3. The predicted molar refractivity (Wildman–Crippen MR) is 125 cm³/mol. The van der Waals surface area contributed by atoms with E-state index in [0.717, 1.165) is 23.2 Å². The monoisotopic (exact) mass is 526 g/mol. The first-order valence-corrected chi connectivity index (χ1v) is 13.7. The SMILES string of the molecule is CS(=O)(=O)c1csc(C(=O)N2CCC(N3C(=O)OC[C@H]3C(=O)OCc3ccccc3)CC2)c1Cl. The Hall–Kier alpha value is -2.63. The van der Waals surface area contributed by atoms with Crippen molar-refractivity contribution < 1.29 is 32.3 Å². The summed E-state index contributed by atoms with van der Waals surface area (Å²) in [5.74, 6) is -0.891. The van der Waals surface area contributed by atoms with Crippen molar-refractivity contribution in [1.82, 2.24) is 9.80 Å². The Labute approximate surface area is 206 Å². The van der Waals surface area contributed by atoms with Gasteiger partial charge in [0.05, 0.1) is 9.92 Å². The maximum Gasteiger partial charge on any atom is 0.410 e. The van der Waals surface area contributed by atoms with Crippen LogP contribution >= 0.6 is 22.9 Å². The number of piperidine rings is 1. The van der Waals surface area contributed by atoms with Gasteiger partial charge in [-0.15, -0.1) is 11.3 Å². The Morgan fingerprint density at radius 3 is 2.50 bits per heavy atom. The molecule has 0 saturated carbocycles. The van der Waals surface area contributed by atoms with Crippen LogP contribution in [0, 0.1) is 0 Å². The Balaban J connectivity index is 1.37. The Kier molecular flexibility index (Phi) is 7.15. The number of likely N-dealkylation sites (tertiary alicyclic amines) is 1. The fourth-order valence-corrected chi connectivity index (χ4v) is 6.93. The third-order valence-electron chi connectivity index (χ3n) is 5.85.